The van der Waals surface area contributed by atoms with E-state index in [0.29, 0.717) is 11.4 Å². The van der Waals surface area contributed by atoms with E-state index in [1.807, 2.05) is 13.1 Å². The lowest BCUT2D eigenvalue weighted by Gasteiger charge is -2.05. The summed E-state index contributed by atoms with van der Waals surface area (Å²) in [5, 5.41) is 3.65. The maximum Gasteiger partial charge on any atom is 0.124 e. The maximum absolute atomic E-state index is 10.3. The first-order valence-electron chi connectivity index (χ1n) is 3.67. The molecule has 1 aromatic carbocycles. The Morgan fingerprint density at radius 1 is 1.58 bits per heavy atom. The van der Waals surface area contributed by atoms with E-state index in [-0.39, 0.29) is 0 Å². The molecule has 0 aromatic heterocycles. The number of carbonyl (C=O) groups is 1. The van der Waals surface area contributed by atoms with Crippen molar-refractivity contribution in [3.63, 3.8) is 0 Å². The van der Waals surface area contributed by atoms with Gasteiger partial charge in [-0.1, -0.05) is 11.6 Å². The fraction of sp³-hybridized carbons (Fsp3) is 0.222. The fourth-order valence-corrected chi connectivity index (χ4v) is 1.26. The van der Waals surface area contributed by atoms with Crippen LogP contribution < -0.4 is 5.32 Å². The van der Waals surface area contributed by atoms with Crippen LogP contribution in [0.4, 0.5) is 5.69 Å². The number of anilines is 1. The third-order valence-electron chi connectivity index (χ3n) is 1.64. The zero-order valence-corrected chi connectivity index (χ0v) is 7.56. The van der Waals surface area contributed by atoms with E-state index in [9.17, 15) is 4.79 Å². The lowest BCUT2D eigenvalue weighted by Crippen LogP contribution is -1.95. The molecule has 12 heavy (non-hydrogen) atoms. The Bertz CT molecular complexity index is 286. The van der Waals surface area contributed by atoms with Crippen LogP contribution in [-0.2, 0) is 11.2 Å². The Kier molecular flexibility index (Phi) is 3.11. The van der Waals surface area contributed by atoms with Gasteiger partial charge in [0.05, 0.1) is 0 Å². The molecule has 0 aliphatic carbocycles. The summed E-state index contributed by atoms with van der Waals surface area (Å²) in [6.07, 6.45) is 1.27. The van der Waals surface area contributed by atoms with Crippen LogP contribution in [0.15, 0.2) is 18.2 Å². The molecule has 0 saturated heterocycles. The predicted octanol–water partition coefficient (Wildman–Crippen LogP) is 2.12. The van der Waals surface area contributed by atoms with E-state index < -0.39 is 0 Å². The van der Waals surface area contributed by atoms with Crippen molar-refractivity contribution >= 4 is 23.6 Å². The van der Waals surface area contributed by atoms with E-state index in [1.165, 1.54) is 0 Å². The van der Waals surface area contributed by atoms with Crippen LogP contribution in [0.1, 0.15) is 5.56 Å². The zero-order valence-electron chi connectivity index (χ0n) is 6.80. The molecule has 0 atom stereocenters. The minimum atomic E-state index is 0.400. The Hall–Kier alpha value is -1.02. The average molecular weight is 184 g/mol. The summed E-state index contributed by atoms with van der Waals surface area (Å²) in [4.78, 5) is 10.3. The van der Waals surface area contributed by atoms with Gasteiger partial charge in [-0.3, -0.25) is 0 Å². The van der Waals surface area contributed by atoms with Gasteiger partial charge in [-0.05, 0) is 23.8 Å². The summed E-state index contributed by atoms with van der Waals surface area (Å²) >= 11 is 5.77. The monoisotopic (exact) mass is 183 g/mol. The second-order valence-corrected chi connectivity index (χ2v) is 2.86. The number of carbonyl (C=O) groups excluding carboxylic acids is 1. The van der Waals surface area contributed by atoms with Crippen molar-refractivity contribution in [3.8, 4) is 0 Å². The molecule has 3 heteroatoms. The van der Waals surface area contributed by atoms with Gasteiger partial charge >= 0.3 is 0 Å². The summed E-state index contributed by atoms with van der Waals surface area (Å²) in [6.45, 7) is 0. The van der Waals surface area contributed by atoms with Gasteiger partial charge in [0.15, 0.2) is 0 Å². The molecule has 0 aliphatic rings. The maximum atomic E-state index is 10.3. The summed E-state index contributed by atoms with van der Waals surface area (Å²) in [7, 11) is 1.82. The topological polar surface area (TPSA) is 29.1 Å². The highest BCUT2D eigenvalue weighted by atomic mass is 35.5. The number of hydrogen-bond donors (Lipinski definition) is 1. The van der Waals surface area contributed by atoms with Gasteiger partial charge in [-0.15, -0.1) is 0 Å². The van der Waals surface area contributed by atoms with E-state index >= 15 is 0 Å². The Labute approximate surface area is 76.5 Å². The fourth-order valence-electron chi connectivity index (χ4n) is 1.06. The number of aldehydes is 1. The highest BCUT2D eigenvalue weighted by molar-refractivity contribution is 6.30. The van der Waals surface area contributed by atoms with Gasteiger partial charge in [0.25, 0.3) is 0 Å². The lowest BCUT2D eigenvalue weighted by molar-refractivity contribution is -0.107. The molecular formula is C9H10ClNO. The van der Waals surface area contributed by atoms with Gasteiger partial charge < -0.3 is 10.1 Å². The zero-order chi connectivity index (χ0) is 8.97. The van der Waals surface area contributed by atoms with E-state index in [0.717, 1.165) is 17.5 Å². The SMILES string of the molecule is CNc1ccc(Cl)cc1CC=O. The van der Waals surface area contributed by atoms with Crippen LogP contribution in [0.25, 0.3) is 0 Å². The van der Waals surface area contributed by atoms with Crippen molar-refractivity contribution in [2.24, 2.45) is 0 Å². The molecule has 0 fully saturated rings. The minimum absolute atomic E-state index is 0.400. The van der Waals surface area contributed by atoms with Gasteiger partial charge in [0, 0.05) is 24.2 Å². The Morgan fingerprint density at radius 3 is 2.92 bits per heavy atom. The molecule has 0 bridgehead atoms. The number of benzene rings is 1. The van der Waals surface area contributed by atoms with E-state index in [1.54, 1.807) is 12.1 Å². The van der Waals surface area contributed by atoms with Crippen molar-refractivity contribution in [2.45, 2.75) is 6.42 Å². The van der Waals surface area contributed by atoms with Crippen LogP contribution in [0.5, 0.6) is 0 Å². The van der Waals surface area contributed by atoms with E-state index in [2.05, 4.69) is 5.32 Å². The molecule has 0 radical (unpaired) electrons. The first-order chi connectivity index (χ1) is 5.77. The summed E-state index contributed by atoms with van der Waals surface area (Å²) in [5.74, 6) is 0. The highest BCUT2D eigenvalue weighted by Gasteiger charge is 2.00. The first-order valence-corrected chi connectivity index (χ1v) is 4.05. The number of nitrogens with one attached hydrogen (secondary N) is 1. The first kappa shape index (κ1) is 9.07. The minimum Gasteiger partial charge on any atom is -0.388 e. The lowest BCUT2D eigenvalue weighted by atomic mass is 10.1. The third kappa shape index (κ3) is 1.98. The van der Waals surface area contributed by atoms with Crippen LogP contribution >= 0.6 is 11.6 Å². The molecule has 2 nitrogen and oxygen atoms in total. The molecule has 1 N–H and O–H groups in total. The molecule has 64 valence electrons. The second-order valence-electron chi connectivity index (χ2n) is 2.42. The molecule has 0 amide bonds. The average Bonchev–Trinajstić information content (AvgIpc) is 2.05. The van der Waals surface area contributed by atoms with E-state index in [4.69, 9.17) is 11.6 Å². The summed E-state index contributed by atoms with van der Waals surface area (Å²) < 4.78 is 0. The van der Waals surface area contributed by atoms with Gasteiger partial charge in [-0.25, -0.2) is 0 Å². The second kappa shape index (κ2) is 4.12. The Morgan fingerprint density at radius 2 is 2.33 bits per heavy atom. The van der Waals surface area contributed by atoms with Gasteiger partial charge in [0.1, 0.15) is 6.29 Å². The largest absolute Gasteiger partial charge is 0.388 e. The number of hydrogen-bond acceptors (Lipinski definition) is 2. The van der Waals surface area contributed by atoms with Crippen molar-refractivity contribution in [2.75, 3.05) is 12.4 Å². The number of rotatable bonds is 3. The standard InChI is InChI=1S/C9H10ClNO/c1-11-9-3-2-8(10)6-7(9)4-5-12/h2-3,5-6,11H,4H2,1H3. The van der Waals surface area contributed by atoms with Crippen molar-refractivity contribution in [1.29, 1.82) is 0 Å². The smallest absolute Gasteiger partial charge is 0.124 e. The number of halogens is 1. The molecule has 0 saturated carbocycles. The molecule has 0 aliphatic heterocycles. The van der Waals surface area contributed by atoms with Crippen LogP contribution in [0, 0.1) is 0 Å². The third-order valence-corrected chi connectivity index (χ3v) is 1.87. The van der Waals surface area contributed by atoms with Crippen molar-refractivity contribution in [1.82, 2.24) is 0 Å². The van der Waals surface area contributed by atoms with Crippen molar-refractivity contribution in [3.05, 3.63) is 28.8 Å². The Balaban J connectivity index is 3.03. The molecule has 1 rings (SSSR count). The van der Waals surface area contributed by atoms with Crippen LogP contribution in [0.2, 0.25) is 5.02 Å². The van der Waals surface area contributed by atoms with Crippen LogP contribution in [0.3, 0.4) is 0 Å². The van der Waals surface area contributed by atoms with Crippen molar-refractivity contribution < 1.29 is 4.79 Å². The molecule has 0 heterocycles. The molecule has 0 spiro atoms. The van der Waals surface area contributed by atoms with Crippen LogP contribution in [-0.4, -0.2) is 13.3 Å². The summed E-state index contributed by atoms with van der Waals surface area (Å²) in [5.41, 5.74) is 1.88. The summed E-state index contributed by atoms with van der Waals surface area (Å²) in [6, 6.07) is 5.45. The molecule has 0 unspecified atom stereocenters. The normalized spacial score (nSPS) is 9.50. The highest BCUT2D eigenvalue weighted by Crippen LogP contribution is 2.19. The molecular weight excluding hydrogens is 174 g/mol. The molecule has 1 aromatic rings. The van der Waals surface area contributed by atoms with Gasteiger partial charge in [0.2, 0.25) is 0 Å². The quantitative estimate of drug-likeness (QED) is 0.728. The predicted molar refractivity (Wildman–Crippen MR) is 50.8 cm³/mol. The van der Waals surface area contributed by atoms with Gasteiger partial charge in [-0.2, -0.15) is 0 Å².